The molecule has 18 heavy (non-hydrogen) atoms. The molecule has 4 nitrogen and oxygen atoms in total. The largest absolute Gasteiger partial charge is 0.330 e. The van der Waals surface area contributed by atoms with E-state index in [9.17, 15) is 0 Å². The van der Waals surface area contributed by atoms with E-state index in [1.165, 1.54) is 12.8 Å². The van der Waals surface area contributed by atoms with E-state index in [0.29, 0.717) is 12.0 Å². The zero-order valence-corrected chi connectivity index (χ0v) is 11.5. The third-order valence-electron chi connectivity index (χ3n) is 5.77. The Morgan fingerprint density at radius 2 is 1.44 bits per heavy atom. The van der Waals surface area contributed by atoms with E-state index in [-0.39, 0.29) is 11.0 Å². The zero-order chi connectivity index (χ0) is 13.2. The average Bonchev–Trinajstić information content (AvgIpc) is 2.42. The molecule has 0 saturated heterocycles. The third kappa shape index (κ3) is 2.44. The Kier molecular flexibility index (Phi) is 4.32. The van der Waals surface area contributed by atoms with E-state index in [4.69, 9.17) is 22.9 Å². The Morgan fingerprint density at radius 1 is 0.889 bits per heavy atom. The van der Waals surface area contributed by atoms with Gasteiger partial charge in [0, 0.05) is 17.0 Å². The highest BCUT2D eigenvalue weighted by atomic mass is 14.9. The first-order valence-corrected chi connectivity index (χ1v) is 7.50. The lowest BCUT2D eigenvalue weighted by Crippen LogP contribution is -2.62. The van der Waals surface area contributed by atoms with Crippen molar-refractivity contribution >= 4 is 0 Å². The highest BCUT2D eigenvalue weighted by molar-refractivity contribution is 5.07. The molecule has 0 unspecified atom stereocenters. The van der Waals surface area contributed by atoms with Crippen LogP contribution in [-0.4, -0.2) is 24.7 Å². The molecular formula is C14H30N4. The standard InChI is InChI=1S/C14H30N4/c15-9-11-1-5-13(10-16,6-2-11)14(18)7-3-12(17)4-8-14/h11-12H,1-10,15-18H2. The van der Waals surface area contributed by atoms with Gasteiger partial charge in [0.25, 0.3) is 0 Å². The van der Waals surface area contributed by atoms with Crippen LogP contribution in [-0.2, 0) is 0 Å². The van der Waals surface area contributed by atoms with E-state index in [0.717, 1.165) is 51.6 Å². The van der Waals surface area contributed by atoms with E-state index in [2.05, 4.69) is 0 Å². The van der Waals surface area contributed by atoms with E-state index < -0.39 is 0 Å². The van der Waals surface area contributed by atoms with Crippen molar-refractivity contribution in [2.24, 2.45) is 34.3 Å². The van der Waals surface area contributed by atoms with Gasteiger partial charge in [-0.2, -0.15) is 0 Å². The molecule has 2 rings (SSSR count). The second-order valence-corrected chi connectivity index (χ2v) is 6.66. The molecule has 0 spiro atoms. The summed E-state index contributed by atoms with van der Waals surface area (Å²) in [5.74, 6) is 0.680. The van der Waals surface area contributed by atoms with Crippen molar-refractivity contribution in [2.75, 3.05) is 13.1 Å². The predicted molar refractivity (Wildman–Crippen MR) is 75.9 cm³/mol. The summed E-state index contributed by atoms with van der Waals surface area (Å²) in [4.78, 5) is 0. The Hall–Kier alpha value is -0.160. The monoisotopic (exact) mass is 254 g/mol. The minimum atomic E-state index is -0.0861. The highest BCUT2D eigenvalue weighted by Crippen LogP contribution is 2.49. The van der Waals surface area contributed by atoms with Gasteiger partial charge in [-0.1, -0.05) is 0 Å². The van der Waals surface area contributed by atoms with Crippen LogP contribution in [0.1, 0.15) is 51.4 Å². The summed E-state index contributed by atoms with van der Waals surface area (Å²) in [6.07, 6.45) is 8.88. The topological polar surface area (TPSA) is 104 Å². The van der Waals surface area contributed by atoms with Crippen molar-refractivity contribution in [1.82, 2.24) is 0 Å². The zero-order valence-electron chi connectivity index (χ0n) is 11.5. The molecule has 0 aromatic heterocycles. The molecule has 2 saturated carbocycles. The molecule has 106 valence electrons. The summed E-state index contributed by atoms with van der Waals surface area (Å²) < 4.78 is 0. The lowest BCUT2D eigenvalue weighted by Gasteiger charge is -2.54. The van der Waals surface area contributed by atoms with Crippen LogP contribution < -0.4 is 22.9 Å². The first-order chi connectivity index (χ1) is 8.55. The summed E-state index contributed by atoms with van der Waals surface area (Å²) in [6, 6.07) is 0.344. The summed E-state index contributed by atoms with van der Waals surface area (Å²) in [5.41, 5.74) is 24.7. The SMILES string of the molecule is NCC1CCC(CN)(C2(N)CCC(N)CC2)CC1. The number of nitrogens with two attached hydrogens (primary N) is 4. The van der Waals surface area contributed by atoms with Crippen LogP contribution in [0.2, 0.25) is 0 Å². The molecule has 8 N–H and O–H groups in total. The molecule has 4 heteroatoms. The van der Waals surface area contributed by atoms with Crippen LogP contribution in [0.4, 0.5) is 0 Å². The Labute approximate surface area is 111 Å². The fourth-order valence-electron chi connectivity index (χ4n) is 4.06. The van der Waals surface area contributed by atoms with Gasteiger partial charge in [-0.3, -0.25) is 0 Å². The fraction of sp³-hybridized carbons (Fsp3) is 1.00. The molecule has 2 fully saturated rings. The normalized spacial score (nSPS) is 46.0. The second kappa shape index (κ2) is 5.45. The van der Waals surface area contributed by atoms with E-state index in [1.807, 2.05) is 0 Å². The Morgan fingerprint density at radius 3 is 1.89 bits per heavy atom. The first kappa shape index (κ1) is 14.3. The summed E-state index contributed by atoms with van der Waals surface area (Å²) in [6.45, 7) is 1.53. The summed E-state index contributed by atoms with van der Waals surface area (Å²) >= 11 is 0. The van der Waals surface area contributed by atoms with Gasteiger partial charge in [-0.05, 0) is 70.4 Å². The maximum atomic E-state index is 6.76. The Bertz CT molecular complexity index is 263. The van der Waals surface area contributed by atoms with Crippen LogP contribution >= 0.6 is 0 Å². The molecule has 0 aromatic carbocycles. The third-order valence-corrected chi connectivity index (χ3v) is 5.77. The summed E-state index contributed by atoms with van der Waals surface area (Å²) in [5, 5.41) is 0. The molecule has 0 aromatic rings. The maximum absolute atomic E-state index is 6.76. The molecule has 0 bridgehead atoms. The lowest BCUT2D eigenvalue weighted by molar-refractivity contribution is 0.0281. The number of hydrogen-bond donors (Lipinski definition) is 4. The predicted octanol–water partition coefficient (Wildman–Crippen LogP) is 0.679. The van der Waals surface area contributed by atoms with Crippen molar-refractivity contribution in [3.8, 4) is 0 Å². The first-order valence-electron chi connectivity index (χ1n) is 7.50. The van der Waals surface area contributed by atoms with Gasteiger partial charge in [0.1, 0.15) is 0 Å². The van der Waals surface area contributed by atoms with E-state index in [1.54, 1.807) is 0 Å². The Balaban J connectivity index is 2.08. The van der Waals surface area contributed by atoms with Gasteiger partial charge in [-0.15, -0.1) is 0 Å². The fourth-order valence-corrected chi connectivity index (χ4v) is 4.06. The van der Waals surface area contributed by atoms with Gasteiger partial charge in [0.05, 0.1) is 0 Å². The molecular weight excluding hydrogens is 224 g/mol. The highest BCUT2D eigenvalue weighted by Gasteiger charge is 2.50. The van der Waals surface area contributed by atoms with Crippen LogP contribution in [0.5, 0.6) is 0 Å². The smallest absolute Gasteiger partial charge is 0.0224 e. The quantitative estimate of drug-likeness (QED) is 0.594. The lowest BCUT2D eigenvalue weighted by atomic mass is 9.55. The van der Waals surface area contributed by atoms with Gasteiger partial charge < -0.3 is 22.9 Å². The van der Waals surface area contributed by atoms with Gasteiger partial charge in [-0.25, -0.2) is 0 Å². The van der Waals surface area contributed by atoms with Crippen molar-refractivity contribution in [3.63, 3.8) is 0 Å². The summed E-state index contributed by atoms with van der Waals surface area (Å²) in [7, 11) is 0. The molecule has 2 aliphatic carbocycles. The molecule has 0 heterocycles. The van der Waals surface area contributed by atoms with Crippen molar-refractivity contribution in [2.45, 2.75) is 62.9 Å². The molecule has 2 aliphatic rings. The maximum Gasteiger partial charge on any atom is 0.0224 e. The molecule has 0 radical (unpaired) electrons. The van der Waals surface area contributed by atoms with Crippen molar-refractivity contribution in [1.29, 1.82) is 0 Å². The van der Waals surface area contributed by atoms with Crippen LogP contribution in [0, 0.1) is 11.3 Å². The molecule has 0 amide bonds. The van der Waals surface area contributed by atoms with Gasteiger partial charge in [0.2, 0.25) is 0 Å². The molecule has 0 aliphatic heterocycles. The van der Waals surface area contributed by atoms with Crippen LogP contribution in [0.3, 0.4) is 0 Å². The van der Waals surface area contributed by atoms with Crippen LogP contribution in [0.15, 0.2) is 0 Å². The van der Waals surface area contributed by atoms with Crippen LogP contribution in [0.25, 0.3) is 0 Å². The number of hydrogen-bond acceptors (Lipinski definition) is 4. The van der Waals surface area contributed by atoms with Gasteiger partial charge in [0.15, 0.2) is 0 Å². The second-order valence-electron chi connectivity index (χ2n) is 6.66. The van der Waals surface area contributed by atoms with Crippen molar-refractivity contribution in [3.05, 3.63) is 0 Å². The van der Waals surface area contributed by atoms with E-state index >= 15 is 0 Å². The number of rotatable bonds is 3. The van der Waals surface area contributed by atoms with Crippen molar-refractivity contribution < 1.29 is 0 Å². The average molecular weight is 254 g/mol. The molecule has 0 atom stereocenters. The minimum Gasteiger partial charge on any atom is -0.330 e. The van der Waals surface area contributed by atoms with Gasteiger partial charge >= 0.3 is 0 Å². The minimum absolute atomic E-state index is 0.0861.